The first-order valence-corrected chi connectivity index (χ1v) is 5.53. The van der Waals surface area contributed by atoms with Gasteiger partial charge in [0.15, 0.2) is 0 Å². The van der Waals surface area contributed by atoms with Crippen LogP contribution in [0.3, 0.4) is 0 Å². The molecule has 0 radical (unpaired) electrons. The number of hydrogen-bond donors (Lipinski definition) is 0. The van der Waals surface area contributed by atoms with Crippen LogP contribution in [0.2, 0.25) is 0 Å². The molecule has 1 rings (SSSR count). The zero-order valence-electron chi connectivity index (χ0n) is 7.39. The molecule has 0 saturated carbocycles. The van der Waals surface area contributed by atoms with Gasteiger partial charge >= 0.3 is 0 Å². The summed E-state index contributed by atoms with van der Waals surface area (Å²) >= 11 is 1.75. The molecule has 0 atom stereocenters. The first-order valence-electron chi connectivity index (χ1n) is 3.90. The molecule has 62 valence electrons. The normalized spacial score (nSPS) is 19.5. The third kappa shape index (κ3) is 6.43. The van der Waals surface area contributed by atoms with Crippen LogP contribution in [0.25, 0.3) is 0 Å². The lowest BCUT2D eigenvalue weighted by molar-refractivity contribution is 0.277. The second-order valence-electron chi connectivity index (χ2n) is 2.77. The van der Waals surface area contributed by atoms with Gasteiger partial charge in [-0.25, -0.2) is 0 Å². The van der Waals surface area contributed by atoms with Gasteiger partial charge in [-0.2, -0.15) is 11.8 Å². The highest BCUT2D eigenvalue weighted by atomic mass is 32.2. The van der Waals surface area contributed by atoms with Crippen LogP contribution < -0.4 is 0 Å². The second-order valence-corrected chi connectivity index (χ2v) is 3.59. The Labute approximate surface area is 69.2 Å². The van der Waals surface area contributed by atoms with Crippen LogP contribution in [0.15, 0.2) is 0 Å². The highest BCUT2D eigenvalue weighted by Gasteiger charge is 2.02. The Kier molecular flexibility index (Phi) is 7.65. The molecule has 0 bridgehead atoms. The molecule has 1 aliphatic rings. The third-order valence-electron chi connectivity index (χ3n) is 1.58. The minimum absolute atomic E-state index is 1.32. The van der Waals surface area contributed by atoms with Gasteiger partial charge in [0.25, 0.3) is 0 Å². The van der Waals surface area contributed by atoms with Crippen LogP contribution >= 0.6 is 11.8 Å². The van der Waals surface area contributed by atoms with E-state index in [4.69, 9.17) is 0 Å². The highest BCUT2D eigenvalue weighted by Crippen LogP contribution is 2.04. The minimum atomic E-state index is 1.32. The standard InChI is InChI=1S/C6H13N.C2H6S/c1-7-5-3-2-4-6-7;1-3-2/h2-6H2,1H3;1-2H3. The molecule has 2 heteroatoms. The van der Waals surface area contributed by atoms with E-state index in [2.05, 4.69) is 11.9 Å². The molecule has 0 aromatic heterocycles. The smallest absolute Gasteiger partial charge is 0.00218 e. The Morgan fingerprint density at radius 2 is 1.40 bits per heavy atom. The van der Waals surface area contributed by atoms with E-state index < -0.39 is 0 Å². The van der Waals surface area contributed by atoms with Crippen molar-refractivity contribution in [2.45, 2.75) is 19.3 Å². The number of nitrogens with zero attached hydrogens (tertiary/aromatic N) is 1. The number of hydrogen-bond acceptors (Lipinski definition) is 2. The molecule has 1 nitrogen and oxygen atoms in total. The van der Waals surface area contributed by atoms with Gasteiger partial charge in [-0.3, -0.25) is 0 Å². The van der Waals surface area contributed by atoms with Crippen molar-refractivity contribution in [1.29, 1.82) is 0 Å². The van der Waals surface area contributed by atoms with Crippen molar-refractivity contribution >= 4 is 11.8 Å². The lowest BCUT2D eigenvalue weighted by atomic mass is 10.1. The monoisotopic (exact) mass is 161 g/mol. The maximum atomic E-state index is 2.39. The molecule has 1 saturated heterocycles. The first kappa shape index (κ1) is 10.3. The molecule has 0 unspecified atom stereocenters. The van der Waals surface area contributed by atoms with Gasteiger partial charge in [-0.15, -0.1) is 0 Å². The summed E-state index contributed by atoms with van der Waals surface area (Å²) in [6, 6.07) is 0. The van der Waals surface area contributed by atoms with E-state index >= 15 is 0 Å². The van der Waals surface area contributed by atoms with Gasteiger partial charge in [0, 0.05) is 0 Å². The summed E-state index contributed by atoms with van der Waals surface area (Å²) in [7, 11) is 2.19. The van der Waals surface area contributed by atoms with Gasteiger partial charge in [-0.1, -0.05) is 6.42 Å². The lowest BCUT2D eigenvalue weighted by Crippen LogP contribution is -2.24. The molecule has 1 fully saturated rings. The number of likely N-dealkylation sites (tertiary alicyclic amines) is 1. The molecule has 1 aliphatic heterocycles. The Morgan fingerprint density at radius 3 is 1.60 bits per heavy atom. The van der Waals surface area contributed by atoms with Crippen LogP contribution in [-0.2, 0) is 0 Å². The summed E-state index contributed by atoms with van der Waals surface area (Å²) in [4.78, 5) is 2.39. The van der Waals surface area contributed by atoms with Crippen LogP contribution in [-0.4, -0.2) is 37.5 Å². The van der Waals surface area contributed by atoms with Crippen LogP contribution in [0.5, 0.6) is 0 Å². The van der Waals surface area contributed by atoms with Crippen LogP contribution in [0, 0.1) is 0 Å². The second kappa shape index (κ2) is 7.42. The van der Waals surface area contributed by atoms with E-state index in [1.165, 1.54) is 32.4 Å². The van der Waals surface area contributed by atoms with E-state index in [0.29, 0.717) is 0 Å². The zero-order chi connectivity index (χ0) is 7.82. The fourth-order valence-corrected chi connectivity index (χ4v) is 1.05. The summed E-state index contributed by atoms with van der Waals surface area (Å²) in [6.07, 6.45) is 8.36. The zero-order valence-corrected chi connectivity index (χ0v) is 8.21. The van der Waals surface area contributed by atoms with Crippen molar-refractivity contribution in [2.75, 3.05) is 32.6 Å². The molecule has 0 N–H and O–H groups in total. The molecule has 0 aromatic rings. The van der Waals surface area contributed by atoms with Gasteiger partial charge in [0.2, 0.25) is 0 Å². The SMILES string of the molecule is CN1CCCCC1.CSC. The summed E-state index contributed by atoms with van der Waals surface area (Å²) in [5.74, 6) is 0. The van der Waals surface area contributed by atoms with Crippen molar-refractivity contribution < 1.29 is 0 Å². The summed E-state index contributed by atoms with van der Waals surface area (Å²) in [6.45, 7) is 2.64. The van der Waals surface area contributed by atoms with Crippen LogP contribution in [0.4, 0.5) is 0 Å². The van der Waals surface area contributed by atoms with Crippen molar-refractivity contribution in [2.24, 2.45) is 0 Å². The molecular weight excluding hydrogens is 142 g/mol. The highest BCUT2D eigenvalue weighted by molar-refractivity contribution is 7.97. The van der Waals surface area contributed by atoms with E-state index in [-0.39, 0.29) is 0 Å². The molecule has 0 spiro atoms. The summed E-state index contributed by atoms with van der Waals surface area (Å²) < 4.78 is 0. The molecule has 0 aromatic carbocycles. The Bertz CT molecular complexity index is 60.3. The Morgan fingerprint density at radius 1 is 1.00 bits per heavy atom. The fraction of sp³-hybridized carbons (Fsp3) is 1.00. The Balaban J connectivity index is 0.000000236. The summed E-state index contributed by atoms with van der Waals surface area (Å²) in [5, 5.41) is 0. The average Bonchev–Trinajstić information content (AvgIpc) is 1.91. The van der Waals surface area contributed by atoms with Crippen molar-refractivity contribution in [3.8, 4) is 0 Å². The molecule has 0 amide bonds. The largest absolute Gasteiger partial charge is 0.306 e. The van der Waals surface area contributed by atoms with Crippen molar-refractivity contribution in [3.05, 3.63) is 0 Å². The van der Waals surface area contributed by atoms with Gasteiger partial charge < -0.3 is 4.90 Å². The molecule has 0 aliphatic carbocycles. The number of thioether (sulfide) groups is 1. The maximum absolute atomic E-state index is 2.39. The molecule has 10 heavy (non-hydrogen) atoms. The average molecular weight is 161 g/mol. The Hall–Kier alpha value is 0.310. The predicted molar refractivity (Wildman–Crippen MR) is 50.8 cm³/mol. The first-order chi connectivity index (χ1) is 4.81. The minimum Gasteiger partial charge on any atom is -0.306 e. The van der Waals surface area contributed by atoms with Crippen LogP contribution in [0.1, 0.15) is 19.3 Å². The molecular formula is C8H19NS. The van der Waals surface area contributed by atoms with E-state index in [1.807, 2.05) is 12.5 Å². The number of piperidine rings is 1. The summed E-state index contributed by atoms with van der Waals surface area (Å²) in [5.41, 5.74) is 0. The van der Waals surface area contributed by atoms with E-state index in [1.54, 1.807) is 11.8 Å². The topological polar surface area (TPSA) is 3.24 Å². The van der Waals surface area contributed by atoms with E-state index in [9.17, 15) is 0 Å². The lowest BCUT2D eigenvalue weighted by Gasteiger charge is -2.20. The van der Waals surface area contributed by atoms with Gasteiger partial charge in [0.05, 0.1) is 0 Å². The van der Waals surface area contributed by atoms with Gasteiger partial charge in [0.1, 0.15) is 0 Å². The van der Waals surface area contributed by atoms with E-state index in [0.717, 1.165) is 0 Å². The fourth-order valence-electron chi connectivity index (χ4n) is 1.05. The quantitative estimate of drug-likeness (QED) is 0.535. The maximum Gasteiger partial charge on any atom is -0.00218 e. The van der Waals surface area contributed by atoms with Gasteiger partial charge in [-0.05, 0) is 45.5 Å². The third-order valence-corrected chi connectivity index (χ3v) is 1.58. The molecule has 1 heterocycles. The number of rotatable bonds is 0. The van der Waals surface area contributed by atoms with Crippen molar-refractivity contribution in [1.82, 2.24) is 4.90 Å². The predicted octanol–water partition coefficient (Wildman–Crippen LogP) is 2.08. The van der Waals surface area contributed by atoms with Crippen molar-refractivity contribution in [3.63, 3.8) is 0 Å².